The first-order valence-corrected chi connectivity index (χ1v) is 9.31. The molecular formula is C17H24N2O4S. The number of hydrogen-bond donors (Lipinski definition) is 2. The molecule has 1 heterocycles. The molecule has 132 valence electrons. The van der Waals surface area contributed by atoms with E-state index < -0.39 is 0 Å². The minimum Gasteiger partial charge on any atom is -0.392 e. The zero-order valence-electron chi connectivity index (χ0n) is 14.1. The Bertz CT molecular complexity index is 594. The number of nitrogens with zero attached hydrogens (tertiary/aromatic N) is 1. The Morgan fingerprint density at radius 1 is 1.46 bits per heavy atom. The number of morpholine rings is 1. The van der Waals surface area contributed by atoms with E-state index in [2.05, 4.69) is 5.32 Å². The molecule has 0 aliphatic carbocycles. The molecule has 2 amide bonds. The summed E-state index contributed by atoms with van der Waals surface area (Å²) >= 11 is 1.48. The summed E-state index contributed by atoms with van der Waals surface area (Å²) in [6, 6.07) is 5.19. The molecule has 1 saturated heterocycles. The van der Waals surface area contributed by atoms with Gasteiger partial charge in [-0.15, -0.1) is 0 Å². The largest absolute Gasteiger partial charge is 0.392 e. The summed E-state index contributed by atoms with van der Waals surface area (Å²) in [5, 5.41) is 12.2. The van der Waals surface area contributed by atoms with Crippen LogP contribution in [0.15, 0.2) is 18.2 Å². The van der Waals surface area contributed by atoms with Crippen LogP contribution in [-0.4, -0.2) is 59.6 Å². The monoisotopic (exact) mass is 352 g/mol. The van der Waals surface area contributed by atoms with Crippen LogP contribution in [0.3, 0.4) is 0 Å². The molecule has 1 fully saturated rings. The van der Waals surface area contributed by atoms with E-state index in [1.165, 1.54) is 11.8 Å². The maximum absolute atomic E-state index is 12.4. The van der Waals surface area contributed by atoms with E-state index in [9.17, 15) is 14.7 Å². The second-order valence-corrected chi connectivity index (χ2v) is 6.62. The average Bonchev–Trinajstić information content (AvgIpc) is 2.57. The first-order chi connectivity index (χ1) is 11.6. The first kappa shape index (κ1) is 18.8. The van der Waals surface area contributed by atoms with Crippen LogP contribution in [-0.2, 0) is 20.9 Å². The van der Waals surface area contributed by atoms with Gasteiger partial charge in [-0.25, -0.2) is 0 Å². The summed E-state index contributed by atoms with van der Waals surface area (Å²) in [6.45, 7) is 3.21. The fourth-order valence-corrected chi connectivity index (χ4v) is 3.18. The van der Waals surface area contributed by atoms with Crippen molar-refractivity contribution in [3.05, 3.63) is 29.3 Å². The van der Waals surface area contributed by atoms with E-state index in [0.29, 0.717) is 31.2 Å². The molecular weight excluding hydrogens is 328 g/mol. The van der Waals surface area contributed by atoms with Gasteiger partial charge in [0.15, 0.2) is 0 Å². The first-order valence-electron chi connectivity index (χ1n) is 7.92. The highest BCUT2D eigenvalue weighted by molar-refractivity contribution is 7.99. The van der Waals surface area contributed by atoms with E-state index >= 15 is 0 Å². The Hall–Kier alpha value is -1.57. The molecule has 0 saturated carbocycles. The molecule has 0 unspecified atom stereocenters. The lowest BCUT2D eigenvalue weighted by Gasteiger charge is -2.35. The van der Waals surface area contributed by atoms with Gasteiger partial charge < -0.3 is 20.1 Å². The number of rotatable bonds is 6. The number of nitrogens with one attached hydrogen (secondary N) is 1. The molecule has 1 aliphatic heterocycles. The molecule has 0 spiro atoms. The molecule has 0 aromatic heterocycles. The minimum atomic E-state index is -0.236. The van der Waals surface area contributed by atoms with Crippen molar-refractivity contribution >= 4 is 29.3 Å². The van der Waals surface area contributed by atoms with Crippen molar-refractivity contribution in [1.29, 1.82) is 0 Å². The molecule has 0 radical (unpaired) electrons. The summed E-state index contributed by atoms with van der Waals surface area (Å²) < 4.78 is 5.44. The molecule has 1 aliphatic rings. The van der Waals surface area contributed by atoms with Gasteiger partial charge in [0, 0.05) is 18.7 Å². The third kappa shape index (κ3) is 4.72. The number of aliphatic hydroxyl groups excluding tert-OH is 1. The number of benzene rings is 1. The number of ether oxygens (including phenoxy) is 1. The van der Waals surface area contributed by atoms with E-state index in [1.54, 1.807) is 17.0 Å². The highest BCUT2D eigenvalue weighted by Crippen LogP contribution is 2.20. The van der Waals surface area contributed by atoms with Crippen LogP contribution in [0.25, 0.3) is 0 Å². The van der Waals surface area contributed by atoms with Crippen LogP contribution in [0.5, 0.6) is 0 Å². The van der Waals surface area contributed by atoms with Crippen LogP contribution in [0.1, 0.15) is 17.5 Å². The van der Waals surface area contributed by atoms with Gasteiger partial charge in [-0.2, -0.15) is 11.8 Å². The molecule has 2 N–H and O–H groups in total. The fraction of sp³-hybridized carbons (Fsp3) is 0.529. The van der Waals surface area contributed by atoms with Crippen LogP contribution < -0.4 is 5.32 Å². The quantitative estimate of drug-likeness (QED) is 0.809. The van der Waals surface area contributed by atoms with Crippen molar-refractivity contribution in [3.63, 3.8) is 0 Å². The van der Waals surface area contributed by atoms with Gasteiger partial charge in [0.25, 0.3) is 0 Å². The lowest BCUT2D eigenvalue weighted by Crippen LogP contribution is -2.50. The number of amides is 2. The van der Waals surface area contributed by atoms with Gasteiger partial charge >= 0.3 is 0 Å². The summed E-state index contributed by atoms with van der Waals surface area (Å²) in [7, 11) is 0. The van der Waals surface area contributed by atoms with E-state index in [1.807, 2.05) is 19.2 Å². The predicted molar refractivity (Wildman–Crippen MR) is 95.1 cm³/mol. The van der Waals surface area contributed by atoms with Crippen LogP contribution in [0.2, 0.25) is 0 Å². The van der Waals surface area contributed by atoms with Crippen LogP contribution >= 0.6 is 11.8 Å². The Kier molecular flexibility index (Phi) is 7.08. The molecule has 0 bridgehead atoms. The van der Waals surface area contributed by atoms with Gasteiger partial charge in [0.2, 0.25) is 11.8 Å². The molecule has 2 rings (SSSR count). The van der Waals surface area contributed by atoms with Crippen LogP contribution in [0, 0.1) is 6.92 Å². The fourth-order valence-electron chi connectivity index (χ4n) is 2.76. The van der Waals surface area contributed by atoms with Gasteiger partial charge in [0.1, 0.15) is 0 Å². The standard InChI is InChI=1S/C17H24N2O4S/c1-12-13(9-20)4-3-5-15(12)18-16(21)8-14-10-23-7-6-19(14)17(22)11-24-2/h3-5,14,20H,6-11H2,1-2H3,(H,18,21)/t14-/m0/s1. The number of carbonyl (C=O) groups is 2. The van der Waals surface area contributed by atoms with Crippen molar-refractivity contribution in [2.24, 2.45) is 0 Å². The second-order valence-electron chi connectivity index (χ2n) is 5.75. The van der Waals surface area contributed by atoms with Crippen molar-refractivity contribution in [3.8, 4) is 0 Å². The zero-order chi connectivity index (χ0) is 17.5. The highest BCUT2D eigenvalue weighted by atomic mass is 32.2. The molecule has 1 aromatic rings. The topological polar surface area (TPSA) is 78.9 Å². The average molecular weight is 352 g/mol. The van der Waals surface area contributed by atoms with Crippen molar-refractivity contribution in [1.82, 2.24) is 4.90 Å². The van der Waals surface area contributed by atoms with Crippen molar-refractivity contribution < 1.29 is 19.4 Å². The minimum absolute atomic E-state index is 0.0436. The Balaban J connectivity index is 2.01. The van der Waals surface area contributed by atoms with Crippen LogP contribution in [0.4, 0.5) is 5.69 Å². The summed E-state index contributed by atoms with van der Waals surface area (Å²) in [5.41, 5.74) is 2.32. The lowest BCUT2D eigenvalue weighted by atomic mass is 10.1. The SMILES string of the molecule is CSCC(=O)N1CCOC[C@@H]1CC(=O)Nc1cccc(CO)c1C. The van der Waals surface area contributed by atoms with E-state index in [-0.39, 0.29) is 30.9 Å². The predicted octanol–water partition coefficient (Wildman–Crippen LogP) is 1.41. The molecule has 24 heavy (non-hydrogen) atoms. The highest BCUT2D eigenvalue weighted by Gasteiger charge is 2.28. The number of anilines is 1. The van der Waals surface area contributed by atoms with Gasteiger partial charge in [0.05, 0.1) is 31.6 Å². The summed E-state index contributed by atoms with van der Waals surface area (Å²) in [4.78, 5) is 26.3. The van der Waals surface area contributed by atoms with Crippen molar-refractivity contribution in [2.45, 2.75) is 26.0 Å². The maximum atomic E-state index is 12.4. The number of thioether (sulfide) groups is 1. The number of hydrogen-bond acceptors (Lipinski definition) is 5. The van der Waals surface area contributed by atoms with Crippen molar-refractivity contribution in [2.75, 3.05) is 37.1 Å². The number of aliphatic hydroxyl groups is 1. The Morgan fingerprint density at radius 3 is 2.96 bits per heavy atom. The second kappa shape index (κ2) is 9.05. The van der Waals surface area contributed by atoms with Gasteiger partial charge in [-0.3, -0.25) is 9.59 Å². The molecule has 6 nitrogen and oxygen atoms in total. The number of carbonyl (C=O) groups excluding carboxylic acids is 2. The van der Waals surface area contributed by atoms with E-state index in [0.717, 1.165) is 11.1 Å². The Morgan fingerprint density at radius 2 is 2.25 bits per heavy atom. The van der Waals surface area contributed by atoms with Gasteiger partial charge in [-0.05, 0) is 30.4 Å². The third-order valence-electron chi connectivity index (χ3n) is 4.13. The normalized spacial score (nSPS) is 17.6. The van der Waals surface area contributed by atoms with Gasteiger partial charge in [-0.1, -0.05) is 12.1 Å². The maximum Gasteiger partial charge on any atom is 0.232 e. The molecule has 1 aromatic carbocycles. The smallest absolute Gasteiger partial charge is 0.232 e. The third-order valence-corrected chi connectivity index (χ3v) is 4.66. The Labute approximate surface area is 146 Å². The zero-order valence-corrected chi connectivity index (χ0v) is 14.9. The summed E-state index contributed by atoms with van der Waals surface area (Å²) in [5.74, 6) is 0.295. The van der Waals surface area contributed by atoms with E-state index in [4.69, 9.17) is 4.74 Å². The molecule has 7 heteroatoms. The molecule has 1 atom stereocenters. The summed E-state index contributed by atoms with van der Waals surface area (Å²) in [6.07, 6.45) is 2.08. The lowest BCUT2D eigenvalue weighted by molar-refractivity contribution is -0.138.